The summed E-state index contributed by atoms with van der Waals surface area (Å²) in [5.41, 5.74) is -1.42. The van der Waals surface area contributed by atoms with Crippen molar-refractivity contribution in [3.8, 4) is 5.75 Å². The fourth-order valence-corrected chi connectivity index (χ4v) is 0.991. The molecule has 0 aliphatic rings. The van der Waals surface area contributed by atoms with Crippen LogP contribution in [0.3, 0.4) is 0 Å². The van der Waals surface area contributed by atoms with E-state index < -0.39 is 40.2 Å². The normalized spacial score (nSPS) is 11.4. The standard InChI is InChI=1S/C11H12F3NO2/c1-11(2,3)10(17)15-5-4-6(16)8(13)9(14)7(5)12/h4,16H,1-3H3,(H,15,17). The molecule has 0 spiro atoms. The van der Waals surface area contributed by atoms with Gasteiger partial charge >= 0.3 is 0 Å². The summed E-state index contributed by atoms with van der Waals surface area (Å²) in [6, 6.07) is 0.622. The highest BCUT2D eigenvalue weighted by molar-refractivity contribution is 5.94. The predicted molar refractivity (Wildman–Crippen MR) is 56.1 cm³/mol. The fourth-order valence-electron chi connectivity index (χ4n) is 0.991. The van der Waals surface area contributed by atoms with Gasteiger partial charge in [0.1, 0.15) is 0 Å². The lowest BCUT2D eigenvalue weighted by Gasteiger charge is -2.18. The summed E-state index contributed by atoms with van der Waals surface area (Å²) in [5.74, 6) is -6.70. The summed E-state index contributed by atoms with van der Waals surface area (Å²) < 4.78 is 39.0. The molecule has 0 heterocycles. The molecule has 0 atom stereocenters. The number of aromatic hydroxyl groups is 1. The van der Waals surface area contributed by atoms with Gasteiger partial charge in [0.05, 0.1) is 5.69 Å². The lowest BCUT2D eigenvalue weighted by Crippen LogP contribution is -2.28. The van der Waals surface area contributed by atoms with E-state index in [2.05, 4.69) is 5.32 Å². The molecule has 1 rings (SSSR count). The van der Waals surface area contributed by atoms with Crippen LogP contribution in [-0.4, -0.2) is 11.0 Å². The van der Waals surface area contributed by atoms with Crippen LogP contribution < -0.4 is 5.32 Å². The molecule has 1 aromatic rings. The van der Waals surface area contributed by atoms with Crippen LogP contribution >= 0.6 is 0 Å². The maximum absolute atomic E-state index is 13.3. The molecule has 1 aromatic carbocycles. The zero-order valence-electron chi connectivity index (χ0n) is 9.57. The lowest BCUT2D eigenvalue weighted by molar-refractivity contribution is -0.123. The van der Waals surface area contributed by atoms with Crippen molar-refractivity contribution in [2.24, 2.45) is 5.41 Å². The van der Waals surface area contributed by atoms with Gasteiger partial charge in [-0.25, -0.2) is 8.78 Å². The van der Waals surface area contributed by atoms with Crippen molar-refractivity contribution in [1.82, 2.24) is 0 Å². The van der Waals surface area contributed by atoms with Crippen molar-refractivity contribution in [3.63, 3.8) is 0 Å². The third-order valence-corrected chi connectivity index (χ3v) is 2.06. The summed E-state index contributed by atoms with van der Waals surface area (Å²) >= 11 is 0. The number of carbonyl (C=O) groups is 1. The number of hydrogen-bond donors (Lipinski definition) is 2. The third-order valence-electron chi connectivity index (χ3n) is 2.06. The first-order chi connectivity index (χ1) is 7.64. The van der Waals surface area contributed by atoms with E-state index in [9.17, 15) is 18.0 Å². The van der Waals surface area contributed by atoms with Gasteiger partial charge in [-0.15, -0.1) is 0 Å². The Morgan fingerprint density at radius 2 is 1.71 bits per heavy atom. The van der Waals surface area contributed by atoms with Gasteiger partial charge in [-0.2, -0.15) is 4.39 Å². The zero-order chi connectivity index (χ0) is 13.4. The molecule has 6 heteroatoms. The average molecular weight is 247 g/mol. The van der Waals surface area contributed by atoms with Gasteiger partial charge in [0.25, 0.3) is 0 Å². The molecule has 3 nitrogen and oxygen atoms in total. The van der Waals surface area contributed by atoms with E-state index in [-0.39, 0.29) is 0 Å². The van der Waals surface area contributed by atoms with Crippen molar-refractivity contribution in [2.75, 3.05) is 5.32 Å². The number of phenolic OH excluding ortho intramolecular Hbond substituents is 1. The van der Waals surface area contributed by atoms with Gasteiger partial charge in [0.15, 0.2) is 17.4 Å². The molecule has 0 saturated heterocycles. The van der Waals surface area contributed by atoms with Crippen LogP contribution in [0, 0.1) is 22.9 Å². The first-order valence-corrected chi connectivity index (χ1v) is 4.82. The van der Waals surface area contributed by atoms with Crippen molar-refractivity contribution >= 4 is 11.6 Å². The summed E-state index contributed by atoms with van der Waals surface area (Å²) in [6.07, 6.45) is 0. The summed E-state index contributed by atoms with van der Waals surface area (Å²) in [5, 5.41) is 11.1. The Kier molecular flexibility index (Phi) is 3.35. The smallest absolute Gasteiger partial charge is 0.229 e. The van der Waals surface area contributed by atoms with E-state index in [1.54, 1.807) is 20.8 Å². The maximum atomic E-state index is 13.3. The Bertz CT molecular complexity index is 467. The Balaban J connectivity index is 3.13. The van der Waals surface area contributed by atoms with Crippen LogP contribution in [0.5, 0.6) is 5.75 Å². The molecular weight excluding hydrogens is 235 g/mol. The van der Waals surface area contributed by atoms with Gasteiger partial charge < -0.3 is 10.4 Å². The quantitative estimate of drug-likeness (QED) is 0.750. The van der Waals surface area contributed by atoms with Crippen LogP contribution in [0.15, 0.2) is 6.07 Å². The maximum Gasteiger partial charge on any atom is 0.229 e. The molecule has 0 aliphatic carbocycles. The Morgan fingerprint density at radius 1 is 1.18 bits per heavy atom. The van der Waals surface area contributed by atoms with Gasteiger partial charge in [0.2, 0.25) is 11.7 Å². The van der Waals surface area contributed by atoms with E-state index in [1.165, 1.54) is 0 Å². The fraction of sp³-hybridized carbons (Fsp3) is 0.364. The summed E-state index contributed by atoms with van der Waals surface area (Å²) in [7, 11) is 0. The highest BCUT2D eigenvalue weighted by atomic mass is 19.2. The van der Waals surface area contributed by atoms with Crippen molar-refractivity contribution < 1.29 is 23.1 Å². The van der Waals surface area contributed by atoms with E-state index in [1.807, 2.05) is 0 Å². The number of halogens is 3. The van der Waals surface area contributed by atoms with Crippen molar-refractivity contribution in [1.29, 1.82) is 0 Å². The molecule has 0 aromatic heterocycles. The number of benzene rings is 1. The van der Waals surface area contributed by atoms with E-state index in [0.29, 0.717) is 6.07 Å². The number of amides is 1. The first kappa shape index (κ1) is 13.3. The minimum Gasteiger partial charge on any atom is -0.505 e. The Hall–Kier alpha value is -1.72. The Labute approximate surface area is 96.3 Å². The third kappa shape index (κ3) is 2.69. The topological polar surface area (TPSA) is 49.3 Å². The molecule has 0 radical (unpaired) electrons. The van der Waals surface area contributed by atoms with Crippen LogP contribution in [0.25, 0.3) is 0 Å². The molecule has 0 saturated carbocycles. The number of anilines is 1. The van der Waals surface area contributed by atoms with Gasteiger partial charge in [0, 0.05) is 11.5 Å². The molecule has 0 bridgehead atoms. The molecule has 94 valence electrons. The van der Waals surface area contributed by atoms with E-state index in [0.717, 1.165) is 0 Å². The number of carbonyl (C=O) groups excluding carboxylic acids is 1. The first-order valence-electron chi connectivity index (χ1n) is 4.82. The second-order valence-corrected chi connectivity index (χ2v) is 4.59. The van der Waals surface area contributed by atoms with Gasteiger partial charge in [-0.05, 0) is 0 Å². The minimum absolute atomic E-state index is 0.582. The largest absolute Gasteiger partial charge is 0.505 e. The Morgan fingerprint density at radius 3 is 2.18 bits per heavy atom. The van der Waals surface area contributed by atoms with Crippen LogP contribution in [-0.2, 0) is 4.79 Å². The lowest BCUT2D eigenvalue weighted by atomic mass is 9.95. The highest BCUT2D eigenvalue weighted by Gasteiger charge is 2.25. The average Bonchev–Trinajstić information content (AvgIpc) is 2.21. The molecule has 0 aliphatic heterocycles. The zero-order valence-corrected chi connectivity index (χ0v) is 9.57. The van der Waals surface area contributed by atoms with Crippen molar-refractivity contribution in [2.45, 2.75) is 20.8 Å². The summed E-state index contributed by atoms with van der Waals surface area (Å²) in [6.45, 7) is 4.71. The van der Waals surface area contributed by atoms with Crippen LogP contribution in [0.1, 0.15) is 20.8 Å². The monoisotopic (exact) mass is 247 g/mol. The van der Waals surface area contributed by atoms with Crippen molar-refractivity contribution in [3.05, 3.63) is 23.5 Å². The molecular formula is C11H12F3NO2. The van der Waals surface area contributed by atoms with Crippen LogP contribution in [0.4, 0.5) is 18.9 Å². The predicted octanol–water partition coefficient (Wildman–Crippen LogP) is 2.79. The number of hydrogen-bond acceptors (Lipinski definition) is 2. The molecule has 0 unspecified atom stereocenters. The van der Waals surface area contributed by atoms with E-state index in [4.69, 9.17) is 5.11 Å². The second kappa shape index (κ2) is 4.27. The number of rotatable bonds is 1. The molecule has 17 heavy (non-hydrogen) atoms. The molecule has 2 N–H and O–H groups in total. The van der Waals surface area contributed by atoms with Gasteiger partial charge in [-0.1, -0.05) is 20.8 Å². The van der Waals surface area contributed by atoms with Gasteiger partial charge in [-0.3, -0.25) is 4.79 Å². The number of nitrogens with one attached hydrogen (secondary N) is 1. The van der Waals surface area contributed by atoms with E-state index >= 15 is 0 Å². The molecule has 0 fully saturated rings. The van der Waals surface area contributed by atoms with Crippen LogP contribution in [0.2, 0.25) is 0 Å². The second-order valence-electron chi connectivity index (χ2n) is 4.59. The SMILES string of the molecule is CC(C)(C)C(=O)Nc1cc(O)c(F)c(F)c1F. The molecule has 1 amide bonds. The number of phenols is 1. The summed E-state index contributed by atoms with van der Waals surface area (Å²) in [4.78, 5) is 11.5. The highest BCUT2D eigenvalue weighted by Crippen LogP contribution is 2.28. The minimum atomic E-state index is -1.82.